The van der Waals surface area contributed by atoms with Gasteiger partial charge in [-0.3, -0.25) is 14.4 Å². The second kappa shape index (κ2) is 69.0. The van der Waals surface area contributed by atoms with Crippen molar-refractivity contribution >= 4 is 17.9 Å². The molecule has 6 nitrogen and oxygen atoms in total. The van der Waals surface area contributed by atoms with Crippen LogP contribution in [0.15, 0.2) is 134 Å². The van der Waals surface area contributed by atoms with E-state index in [-0.39, 0.29) is 31.1 Å². The molecule has 0 saturated heterocycles. The van der Waals surface area contributed by atoms with Crippen LogP contribution in [0.2, 0.25) is 0 Å². The van der Waals surface area contributed by atoms with Crippen molar-refractivity contribution < 1.29 is 28.6 Å². The van der Waals surface area contributed by atoms with Crippen LogP contribution in [0, 0.1) is 0 Å². The third kappa shape index (κ3) is 66.4. The first kappa shape index (κ1) is 77.5. The van der Waals surface area contributed by atoms with Crippen LogP contribution in [0.3, 0.4) is 0 Å². The molecule has 0 aliphatic carbocycles. The van der Waals surface area contributed by atoms with Gasteiger partial charge in [0.1, 0.15) is 13.2 Å². The van der Waals surface area contributed by atoms with Gasteiger partial charge in [-0.15, -0.1) is 0 Å². The van der Waals surface area contributed by atoms with Crippen molar-refractivity contribution in [3.05, 3.63) is 134 Å². The summed E-state index contributed by atoms with van der Waals surface area (Å²) in [6.45, 7) is 6.41. The molecule has 0 aliphatic rings. The lowest BCUT2D eigenvalue weighted by atomic mass is 10.0. The Morgan fingerprint density at radius 1 is 0.256 bits per heavy atom. The summed E-state index contributed by atoms with van der Waals surface area (Å²) in [5.41, 5.74) is 0. The summed E-state index contributed by atoms with van der Waals surface area (Å²) in [4.78, 5) is 38.4. The van der Waals surface area contributed by atoms with Crippen molar-refractivity contribution in [2.24, 2.45) is 0 Å². The molecule has 82 heavy (non-hydrogen) atoms. The summed E-state index contributed by atoms with van der Waals surface area (Å²) in [5, 5.41) is 0. The average Bonchev–Trinajstić information content (AvgIpc) is 3.47. The zero-order valence-corrected chi connectivity index (χ0v) is 53.5. The number of allylic oxidation sites excluding steroid dienone is 22. The van der Waals surface area contributed by atoms with Crippen LogP contribution in [0.5, 0.6) is 0 Å². The van der Waals surface area contributed by atoms with Gasteiger partial charge in [-0.05, 0) is 135 Å². The number of ether oxygens (including phenoxy) is 3. The van der Waals surface area contributed by atoms with Crippen LogP contribution in [-0.2, 0) is 28.6 Å². The Morgan fingerprint density at radius 2 is 0.476 bits per heavy atom. The van der Waals surface area contributed by atoms with E-state index in [9.17, 15) is 14.4 Å². The number of hydrogen-bond donors (Lipinski definition) is 0. The van der Waals surface area contributed by atoms with Crippen molar-refractivity contribution in [3.8, 4) is 0 Å². The molecule has 6 heteroatoms. The van der Waals surface area contributed by atoms with E-state index >= 15 is 0 Å². The zero-order chi connectivity index (χ0) is 59.2. The molecule has 0 N–H and O–H groups in total. The molecule has 0 spiro atoms. The van der Waals surface area contributed by atoms with Gasteiger partial charge >= 0.3 is 17.9 Å². The highest BCUT2D eigenvalue weighted by atomic mass is 16.6. The van der Waals surface area contributed by atoms with Crippen molar-refractivity contribution in [1.82, 2.24) is 0 Å². The summed E-state index contributed by atoms with van der Waals surface area (Å²) >= 11 is 0. The fourth-order valence-electron chi connectivity index (χ4n) is 9.32. The molecular formula is C76H126O6. The van der Waals surface area contributed by atoms with Crippen LogP contribution < -0.4 is 0 Å². The van der Waals surface area contributed by atoms with Gasteiger partial charge < -0.3 is 14.2 Å². The smallest absolute Gasteiger partial charge is 0.306 e. The number of carbonyl (C=O) groups is 3. The normalized spacial score (nSPS) is 13.0. The number of rotatable bonds is 61. The third-order valence-corrected chi connectivity index (χ3v) is 14.4. The zero-order valence-electron chi connectivity index (χ0n) is 53.5. The van der Waals surface area contributed by atoms with Crippen molar-refractivity contribution in [2.75, 3.05) is 13.2 Å². The Kier molecular flexibility index (Phi) is 65.3. The summed E-state index contributed by atoms with van der Waals surface area (Å²) in [5.74, 6) is -0.903. The summed E-state index contributed by atoms with van der Waals surface area (Å²) in [7, 11) is 0. The second-order valence-corrected chi connectivity index (χ2v) is 22.3. The van der Waals surface area contributed by atoms with E-state index in [4.69, 9.17) is 14.2 Å². The van der Waals surface area contributed by atoms with Gasteiger partial charge in [0.2, 0.25) is 0 Å². The highest BCUT2D eigenvalue weighted by Crippen LogP contribution is 2.16. The van der Waals surface area contributed by atoms with Crippen molar-refractivity contribution in [2.45, 2.75) is 316 Å². The Labute approximate surface area is 506 Å². The molecule has 1 unspecified atom stereocenters. The molecule has 0 fully saturated rings. The molecule has 0 rings (SSSR count). The summed E-state index contributed by atoms with van der Waals surface area (Å²) < 4.78 is 16.9. The number of esters is 3. The lowest BCUT2D eigenvalue weighted by Gasteiger charge is -2.18. The Balaban J connectivity index is 4.27. The molecule has 466 valence electrons. The number of unbranched alkanes of at least 4 members (excludes halogenated alkanes) is 28. The predicted molar refractivity (Wildman–Crippen MR) is 357 cm³/mol. The molecule has 0 bridgehead atoms. The van der Waals surface area contributed by atoms with Crippen LogP contribution in [0.4, 0.5) is 0 Å². The lowest BCUT2D eigenvalue weighted by Crippen LogP contribution is -2.30. The number of carbonyl (C=O) groups excluding carboxylic acids is 3. The van der Waals surface area contributed by atoms with E-state index < -0.39 is 6.10 Å². The lowest BCUT2D eigenvalue weighted by molar-refractivity contribution is -0.167. The Hall–Kier alpha value is -4.45. The van der Waals surface area contributed by atoms with Gasteiger partial charge in [-0.2, -0.15) is 0 Å². The SMILES string of the molecule is CC/C=C\C/C=C\C/C=C\C/C=C\C/C=C\C/C=C\C/C=C\CCCCCCCCCCCCCC(=O)OCC(COC(=O)CCCCCCC/C=C\CCCCCCC)OC(=O)CCCCCCCCC/C=C\C/C=C\C/C=C\CC. The van der Waals surface area contributed by atoms with Crippen LogP contribution in [-0.4, -0.2) is 37.2 Å². The molecule has 0 aliphatic heterocycles. The van der Waals surface area contributed by atoms with E-state index in [0.717, 1.165) is 135 Å². The minimum atomic E-state index is -0.792. The fourth-order valence-corrected chi connectivity index (χ4v) is 9.32. The minimum absolute atomic E-state index is 0.0878. The Morgan fingerprint density at radius 3 is 0.756 bits per heavy atom. The van der Waals surface area contributed by atoms with Gasteiger partial charge in [0.25, 0.3) is 0 Å². The van der Waals surface area contributed by atoms with E-state index in [1.54, 1.807) is 0 Å². The van der Waals surface area contributed by atoms with Gasteiger partial charge in [0.15, 0.2) is 6.10 Å². The first-order chi connectivity index (χ1) is 40.5. The third-order valence-electron chi connectivity index (χ3n) is 14.4. The molecule has 0 aromatic rings. The first-order valence-corrected chi connectivity index (χ1v) is 34.2. The molecule has 0 heterocycles. The van der Waals surface area contributed by atoms with Crippen molar-refractivity contribution in [1.29, 1.82) is 0 Å². The average molecular weight is 1140 g/mol. The van der Waals surface area contributed by atoms with Crippen molar-refractivity contribution in [3.63, 3.8) is 0 Å². The first-order valence-electron chi connectivity index (χ1n) is 34.2. The van der Waals surface area contributed by atoms with E-state index in [1.165, 1.54) is 135 Å². The molecule has 0 radical (unpaired) electrons. The maximum absolute atomic E-state index is 12.9. The largest absolute Gasteiger partial charge is 0.462 e. The maximum Gasteiger partial charge on any atom is 0.306 e. The van der Waals surface area contributed by atoms with Gasteiger partial charge in [-0.1, -0.05) is 289 Å². The van der Waals surface area contributed by atoms with Gasteiger partial charge in [0, 0.05) is 19.3 Å². The molecular weight excluding hydrogens is 1010 g/mol. The molecule has 0 amide bonds. The quantitative estimate of drug-likeness (QED) is 0.0261. The van der Waals surface area contributed by atoms with Crippen LogP contribution >= 0.6 is 0 Å². The van der Waals surface area contributed by atoms with E-state index in [0.29, 0.717) is 19.3 Å². The molecule has 0 aromatic heterocycles. The highest BCUT2D eigenvalue weighted by molar-refractivity contribution is 5.71. The fraction of sp³-hybridized carbons (Fsp3) is 0.671. The van der Waals surface area contributed by atoms with Gasteiger partial charge in [-0.25, -0.2) is 0 Å². The summed E-state index contributed by atoms with van der Waals surface area (Å²) in [6.07, 6.45) is 97.5. The molecule has 0 aromatic carbocycles. The number of hydrogen-bond acceptors (Lipinski definition) is 6. The topological polar surface area (TPSA) is 78.9 Å². The monoisotopic (exact) mass is 1130 g/mol. The van der Waals surface area contributed by atoms with E-state index in [1.807, 2.05) is 0 Å². The van der Waals surface area contributed by atoms with Crippen LogP contribution in [0.1, 0.15) is 310 Å². The van der Waals surface area contributed by atoms with E-state index in [2.05, 4.69) is 154 Å². The standard InChI is InChI=1S/C76H126O6/c1-4-7-10-13-16-19-22-25-28-30-31-32-33-34-35-36-37-38-39-40-41-42-43-44-45-47-48-51-54-57-60-63-66-69-75(78)81-72-73(71-80-74(77)68-65-62-59-56-53-50-27-24-21-18-15-12-9-6-3)82-76(79)70-67-64-61-58-55-52-49-46-29-26-23-20-17-14-11-8-5-2/h7-8,10-11,16-17,19-20,24-29,31-32,34-35,37-38,40-41,73H,4-6,9,12-15,18,21-23,30,33,36,39,42-72H2,1-3H3/b10-7-,11-8-,19-16-,20-17-,27-24-,28-25-,29-26-,32-31-,35-34-,38-37-,41-40-. The second-order valence-electron chi connectivity index (χ2n) is 22.3. The predicted octanol–water partition coefficient (Wildman–Crippen LogP) is 23.7. The van der Waals surface area contributed by atoms with Gasteiger partial charge in [0.05, 0.1) is 0 Å². The molecule has 1 atom stereocenters. The Bertz CT molecular complexity index is 1730. The maximum atomic E-state index is 12.9. The molecule has 0 saturated carbocycles. The minimum Gasteiger partial charge on any atom is -0.462 e. The summed E-state index contributed by atoms with van der Waals surface area (Å²) in [6, 6.07) is 0. The van der Waals surface area contributed by atoms with Crippen LogP contribution in [0.25, 0.3) is 0 Å². The highest BCUT2D eigenvalue weighted by Gasteiger charge is 2.19.